The van der Waals surface area contributed by atoms with Gasteiger partial charge in [-0.25, -0.2) is 4.79 Å². The van der Waals surface area contributed by atoms with E-state index in [4.69, 9.17) is 14.6 Å². The molecule has 0 atom stereocenters. The van der Waals surface area contributed by atoms with Crippen LogP contribution in [0.3, 0.4) is 0 Å². The number of rotatable bonds is 6. The summed E-state index contributed by atoms with van der Waals surface area (Å²) in [6.45, 7) is 1.07. The van der Waals surface area contributed by atoms with Gasteiger partial charge >= 0.3 is 5.97 Å². The molecule has 0 unspecified atom stereocenters. The normalized spacial score (nSPS) is 10.2. The molecule has 2 aromatic carbocycles. The number of hydrogen-bond acceptors (Lipinski definition) is 3. The van der Waals surface area contributed by atoms with Gasteiger partial charge in [-0.2, -0.15) is 0 Å². The van der Waals surface area contributed by atoms with Gasteiger partial charge in [0.15, 0.2) is 0 Å². The highest BCUT2D eigenvalue weighted by Gasteiger charge is 2.03. The Hall–Kier alpha value is -2.33. The number of hydrogen-bond donors (Lipinski definition) is 1. The summed E-state index contributed by atoms with van der Waals surface area (Å²) in [4.78, 5) is 10.8. The van der Waals surface area contributed by atoms with Crippen molar-refractivity contribution in [2.24, 2.45) is 0 Å². The highest BCUT2D eigenvalue weighted by Crippen LogP contribution is 2.22. The Bertz CT molecular complexity index is 558. The second-order valence-electron chi connectivity index (χ2n) is 4.25. The van der Waals surface area contributed by atoms with Crippen LogP contribution in [-0.2, 0) is 4.74 Å². The molecule has 0 aliphatic carbocycles. The maximum Gasteiger partial charge on any atom is 0.335 e. The molecule has 0 aliphatic heterocycles. The molecule has 0 aliphatic rings. The molecule has 4 heteroatoms. The minimum absolute atomic E-state index is 0.285. The Labute approximate surface area is 117 Å². The van der Waals surface area contributed by atoms with E-state index in [2.05, 4.69) is 0 Å². The molecule has 0 saturated carbocycles. The summed E-state index contributed by atoms with van der Waals surface area (Å²) in [5.41, 5.74) is 2.27. The molecule has 0 bridgehead atoms. The lowest BCUT2D eigenvalue weighted by molar-refractivity contribution is 0.0697. The van der Waals surface area contributed by atoms with Crippen LogP contribution in [0.4, 0.5) is 0 Å². The van der Waals surface area contributed by atoms with Crippen molar-refractivity contribution >= 4 is 5.97 Å². The van der Waals surface area contributed by atoms with Gasteiger partial charge in [0.2, 0.25) is 0 Å². The topological polar surface area (TPSA) is 55.8 Å². The lowest BCUT2D eigenvalue weighted by Crippen LogP contribution is -2.03. The summed E-state index contributed by atoms with van der Waals surface area (Å²) >= 11 is 0. The first-order chi connectivity index (χ1) is 9.70. The van der Waals surface area contributed by atoms with Gasteiger partial charge in [-0.1, -0.05) is 24.3 Å². The molecule has 4 nitrogen and oxygen atoms in total. The van der Waals surface area contributed by atoms with E-state index in [1.807, 2.05) is 24.3 Å². The van der Waals surface area contributed by atoms with E-state index in [1.165, 1.54) is 0 Å². The average molecular weight is 272 g/mol. The van der Waals surface area contributed by atoms with Gasteiger partial charge in [0.05, 0.1) is 12.2 Å². The average Bonchev–Trinajstić information content (AvgIpc) is 2.48. The summed E-state index contributed by atoms with van der Waals surface area (Å²) in [6.07, 6.45) is 0. The summed E-state index contributed by atoms with van der Waals surface area (Å²) in [5, 5.41) is 8.86. The molecule has 1 N–H and O–H groups in total. The highest BCUT2D eigenvalue weighted by atomic mass is 16.5. The van der Waals surface area contributed by atoms with Crippen molar-refractivity contribution in [3.63, 3.8) is 0 Å². The van der Waals surface area contributed by atoms with Gasteiger partial charge in [-0.3, -0.25) is 0 Å². The Balaban J connectivity index is 2.07. The van der Waals surface area contributed by atoms with Crippen LogP contribution in [0, 0.1) is 0 Å². The smallest absolute Gasteiger partial charge is 0.335 e. The molecular formula is C16H16O4. The van der Waals surface area contributed by atoms with E-state index in [0.29, 0.717) is 13.2 Å². The largest absolute Gasteiger partial charge is 0.491 e. The fourth-order valence-corrected chi connectivity index (χ4v) is 1.79. The van der Waals surface area contributed by atoms with Gasteiger partial charge in [0.1, 0.15) is 12.4 Å². The van der Waals surface area contributed by atoms with Crippen LogP contribution in [0.15, 0.2) is 48.5 Å². The first kappa shape index (κ1) is 14.1. The molecule has 0 fully saturated rings. The van der Waals surface area contributed by atoms with Crippen molar-refractivity contribution in [3.8, 4) is 16.9 Å². The van der Waals surface area contributed by atoms with Gasteiger partial charge in [-0.05, 0) is 35.4 Å². The fourth-order valence-electron chi connectivity index (χ4n) is 1.79. The quantitative estimate of drug-likeness (QED) is 0.821. The summed E-state index contributed by atoms with van der Waals surface area (Å²) in [7, 11) is 1.63. The number of carboxylic acid groups (broad SMARTS) is 1. The highest BCUT2D eigenvalue weighted by molar-refractivity contribution is 5.88. The monoisotopic (exact) mass is 272 g/mol. The lowest BCUT2D eigenvalue weighted by Gasteiger charge is -2.07. The standard InChI is InChI=1S/C16H16O4/c1-19-10-11-20-15-8-6-13(7-9-15)12-2-4-14(5-3-12)16(17)18/h2-9H,10-11H2,1H3,(H,17,18). The van der Waals surface area contributed by atoms with E-state index in [0.717, 1.165) is 16.9 Å². The zero-order valence-corrected chi connectivity index (χ0v) is 11.2. The van der Waals surface area contributed by atoms with Crippen LogP contribution in [0.25, 0.3) is 11.1 Å². The minimum Gasteiger partial charge on any atom is -0.491 e. The predicted molar refractivity (Wildman–Crippen MR) is 76.2 cm³/mol. The van der Waals surface area contributed by atoms with Crippen molar-refractivity contribution in [2.75, 3.05) is 20.3 Å². The van der Waals surface area contributed by atoms with Crippen LogP contribution in [0.5, 0.6) is 5.75 Å². The maximum absolute atomic E-state index is 10.8. The number of carboxylic acids is 1. The van der Waals surface area contributed by atoms with Gasteiger partial charge in [-0.15, -0.1) is 0 Å². The van der Waals surface area contributed by atoms with Crippen molar-refractivity contribution < 1.29 is 19.4 Å². The summed E-state index contributed by atoms with van der Waals surface area (Å²) in [5.74, 6) is -0.133. The first-order valence-electron chi connectivity index (χ1n) is 6.26. The molecule has 20 heavy (non-hydrogen) atoms. The van der Waals surface area contributed by atoms with Crippen LogP contribution < -0.4 is 4.74 Å². The second kappa shape index (κ2) is 6.73. The molecule has 0 saturated heterocycles. The maximum atomic E-state index is 10.8. The van der Waals surface area contributed by atoms with Gasteiger partial charge in [0, 0.05) is 7.11 Å². The fraction of sp³-hybridized carbons (Fsp3) is 0.188. The Morgan fingerprint density at radius 2 is 1.50 bits per heavy atom. The van der Waals surface area contributed by atoms with Crippen molar-refractivity contribution in [1.29, 1.82) is 0 Å². The lowest BCUT2D eigenvalue weighted by atomic mass is 10.0. The predicted octanol–water partition coefficient (Wildman–Crippen LogP) is 3.08. The molecule has 104 valence electrons. The van der Waals surface area contributed by atoms with Crippen LogP contribution in [-0.4, -0.2) is 31.4 Å². The number of methoxy groups -OCH3 is 1. The van der Waals surface area contributed by atoms with Gasteiger partial charge in [0.25, 0.3) is 0 Å². The molecule has 2 aromatic rings. The number of aromatic carboxylic acids is 1. The van der Waals surface area contributed by atoms with E-state index >= 15 is 0 Å². The van der Waals surface area contributed by atoms with E-state index in [1.54, 1.807) is 31.4 Å². The molecular weight excluding hydrogens is 256 g/mol. The summed E-state index contributed by atoms with van der Waals surface area (Å²) in [6, 6.07) is 14.4. The molecule has 0 spiro atoms. The molecule has 2 rings (SSSR count). The molecule has 0 amide bonds. The minimum atomic E-state index is -0.918. The second-order valence-corrected chi connectivity index (χ2v) is 4.25. The van der Waals surface area contributed by atoms with Crippen molar-refractivity contribution in [2.45, 2.75) is 0 Å². The SMILES string of the molecule is COCCOc1ccc(-c2ccc(C(=O)O)cc2)cc1. The molecule has 0 heterocycles. The summed E-state index contributed by atoms with van der Waals surface area (Å²) < 4.78 is 10.4. The Morgan fingerprint density at radius 3 is 2.00 bits per heavy atom. The van der Waals surface area contributed by atoms with E-state index in [-0.39, 0.29) is 5.56 Å². The van der Waals surface area contributed by atoms with Crippen LogP contribution in [0.1, 0.15) is 10.4 Å². The molecule has 0 aromatic heterocycles. The number of ether oxygens (including phenoxy) is 2. The third-order valence-corrected chi connectivity index (χ3v) is 2.88. The number of benzene rings is 2. The van der Waals surface area contributed by atoms with Crippen LogP contribution in [0.2, 0.25) is 0 Å². The van der Waals surface area contributed by atoms with E-state index < -0.39 is 5.97 Å². The molecule has 0 radical (unpaired) electrons. The number of carbonyl (C=O) groups is 1. The zero-order chi connectivity index (χ0) is 14.4. The van der Waals surface area contributed by atoms with Crippen molar-refractivity contribution in [3.05, 3.63) is 54.1 Å². The zero-order valence-electron chi connectivity index (χ0n) is 11.2. The Morgan fingerprint density at radius 1 is 0.950 bits per heavy atom. The van der Waals surface area contributed by atoms with E-state index in [9.17, 15) is 4.79 Å². The van der Waals surface area contributed by atoms with Crippen molar-refractivity contribution in [1.82, 2.24) is 0 Å². The first-order valence-corrected chi connectivity index (χ1v) is 6.26. The Kier molecular flexibility index (Phi) is 4.74. The van der Waals surface area contributed by atoms with Gasteiger partial charge < -0.3 is 14.6 Å². The van der Waals surface area contributed by atoms with Crippen LogP contribution >= 0.6 is 0 Å². The third-order valence-electron chi connectivity index (χ3n) is 2.88. The third kappa shape index (κ3) is 3.59.